The lowest BCUT2D eigenvalue weighted by Crippen LogP contribution is -1.98. The summed E-state index contributed by atoms with van der Waals surface area (Å²) in [6.07, 6.45) is 0. The molecule has 2 aromatic carbocycles. The number of rotatable bonds is 1. The van der Waals surface area contributed by atoms with Gasteiger partial charge >= 0.3 is 0 Å². The molecule has 0 spiro atoms. The summed E-state index contributed by atoms with van der Waals surface area (Å²) >= 11 is 4.38. The van der Waals surface area contributed by atoms with Crippen LogP contribution < -0.4 is 0 Å². The van der Waals surface area contributed by atoms with Crippen molar-refractivity contribution in [2.24, 2.45) is 0 Å². The third kappa shape index (κ3) is 2.49. The number of benzene rings is 2. The molecular weight excluding hydrogens is 454 g/mol. The molecule has 0 unspecified atom stereocenters. The van der Waals surface area contributed by atoms with Crippen LogP contribution in [-0.2, 0) is 10.1 Å². The van der Waals surface area contributed by atoms with Crippen molar-refractivity contribution >= 4 is 66.1 Å². The number of hydrogen-bond acceptors (Lipinski definition) is 3. The Morgan fingerprint density at radius 3 is 2.06 bits per heavy atom. The lowest BCUT2D eigenvalue weighted by molar-refractivity contribution is 0.463. The van der Waals surface area contributed by atoms with Gasteiger partial charge in [0.25, 0.3) is 0 Å². The van der Waals surface area contributed by atoms with Gasteiger partial charge < -0.3 is 4.55 Å². The average Bonchev–Trinajstić information content (AvgIpc) is 2.17. The van der Waals surface area contributed by atoms with E-state index in [1.165, 1.54) is 12.1 Å². The standard InChI is InChI=1S/C10H6I2O3S/c11-9-4-6-1-2-8(16(13,14)15)3-7(6)5-10(9)12/h1-5H,(H,13,14,15)/p-1. The minimum Gasteiger partial charge on any atom is -0.744 e. The summed E-state index contributed by atoms with van der Waals surface area (Å²) in [6.45, 7) is 0. The molecule has 0 amide bonds. The molecule has 0 aliphatic heterocycles. The Balaban J connectivity index is 2.77. The third-order valence-corrected chi connectivity index (χ3v) is 5.79. The van der Waals surface area contributed by atoms with Crippen LogP contribution in [0.5, 0.6) is 0 Å². The number of halogens is 2. The van der Waals surface area contributed by atoms with Gasteiger partial charge in [0.15, 0.2) is 0 Å². The summed E-state index contributed by atoms with van der Waals surface area (Å²) in [4.78, 5) is -0.183. The molecule has 0 atom stereocenters. The van der Waals surface area contributed by atoms with Gasteiger partial charge in [-0.05, 0) is 80.2 Å². The van der Waals surface area contributed by atoms with Crippen molar-refractivity contribution in [3.05, 3.63) is 37.5 Å². The molecule has 0 radical (unpaired) electrons. The minimum atomic E-state index is -4.37. The lowest BCUT2D eigenvalue weighted by atomic mass is 10.1. The molecule has 0 saturated heterocycles. The predicted molar refractivity (Wildman–Crippen MR) is 77.3 cm³/mol. The van der Waals surface area contributed by atoms with Gasteiger partial charge in [0, 0.05) is 7.14 Å². The smallest absolute Gasteiger partial charge is 0.124 e. The summed E-state index contributed by atoms with van der Waals surface area (Å²) in [6, 6.07) is 8.23. The zero-order valence-electron chi connectivity index (χ0n) is 7.78. The van der Waals surface area contributed by atoms with Gasteiger partial charge in [-0.15, -0.1) is 0 Å². The predicted octanol–water partition coefficient (Wildman–Crippen LogP) is 2.95. The fraction of sp³-hybridized carbons (Fsp3) is 0. The molecule has 3 nitrogen and oxygen atoms in total. The fourth-order valence-electron chi connectivity index (χ4n) is 1.38. The molecule has 6 heteroatoms. The second-order valence-corrected chi connectivity index (χ2v) is 6.93. The molecule has 0 saturated carbocycles. The molecule has 84 valence electrons. The zero-order chi connectivity index (χ0) is 11.9. The van der Waals surface area contributed by atoms with Crippen LogP contribution in [0.1, 0.15) is 0 Å². The molecule has 0 aromatic heterocycles. The van der Waals surface area contributed by atoms with E-state index in [0.717, 1.165) is 17.9 Å². The molecule has 0 aliphatic carbocycles. The second-order valence-electron chi connectivity index (χ2n) is 3.23. The largest absolute Gasteiger partial charge is 0.744 e. The lowest BCUT2D eigenvalue weighted by Gasteiger charge is -2.08. The van der Waals surface area contributed by atoms with Gasteiger partial charge in [0.05, 0.1) is 4.90 Å². The van der Waals surface area contributed by atoms with E-state index in [0.29, 0.717) is 0 Å². The van der Waals surface area contributed by atoms with Crippen LogP contribution in [0.15, 0.2) is 35.2 Å². The van der Waals surface area contributed by atoms with E-state index in [9.17, 15) is 13.0 Å². The van der Waals surface area contributed by atoms with Crippen LogP contribution in [-0.4, -0.2) is 13.0 Å². The minimum absolute atomic E-state index is 0.183. The van der Waals surface area contributed by atoms with Crippen LogP contribution in [0.25, 0.3) is 10.8 Å². The van der Waals surface area contributed by atoms with Crippen molar-refractivity contribution in [1.29, 1.82) is 0 Å². The monoisotopic (exact) mass is 459 g/mol. The molecule has 16 heavy (non-hydrogen) atoms. The van der Waals surface area contributed by atoms with Crippen LogP contribution in [0.3, 0.4) is 0 Å². The van der Waals surface area contributed by atoms with Crippen molar-refractivity contribution in [1.82, 2.24) is 0 Å². The molecule has 2 rings (SSSR count). The second kappa shape index (κ2) is 4.39. The van der Waals surface area contributed by atoms with Gasteiger partial charge in [-0.1, -0.05) is 6.07 Å². The van der Waals surface area contributed by atoms with E-state index in [-0.39, 0.29) is 4.90 Å². The van der Waals surface area contributed by atoms with Gasteiger partial charge in [0.1, 0.15) is 10.1 Å². The van der Waals surface area contributed by atoms with E-state index in [2.05, 4.69) is 45.2 Å². The van der Waals surface area contributed by atoms with Crippen molar-refractivity contribution in [2.75, 3.05) is 0 Å². The summed E-state index contributed by atoms with van der Waals surface area (Å²) in [5.74, 6) is 0. The quantitative estimate of drug-likeness (QED) is 0.487. The van der Waals surface area contributed by atoms with Crippen LogP contribution in [0.4, 0.5) is 0 Å². The first kappa shape index (κ1) is 12.5. The van der Waals surface area contributed by atoms with E-state index in [1.54, 1.807) is 6.07 Å². The highest BCUT2D eigenvalue weighted by Gasteiger charge is 2.04. The van der Waals surface area contributed by atoms with Gasteiger partial charge in [0.2, 0.25) is 0 Å². The maximum Gasteiger partial charge on any atom is 0.124 e. The summed E-state index contributed by atoms with van der Waals surface area (Å²) < 4.78 is 34.7. The SMILES string of the molecule is O=S(=O)([O-])c1ccc2cc(I)c(I)cc2c1. The highest BCUT2D eigenvalue weighted by Crippen LogP contribution is 2.25. The highest BCUT2D eigenvalue weighted by atomic mass is 127. The van der Waals surface area contributed by atoms with Crippen molar-refractivity contribution in [3.63, 3.8) is 0 Å². The zero-order valence-corrected chi connectivity index (χ0v) is 12.9. The van der Waals surface area contributed by atoms with Gasteiger partial charge in [-0.25, -0.2) is 8.42 Å². The Morgan fingerprint density at radius 2 is 1.50 bits per heavy atom. The van der Waals surface area contributed by atoms with Crippen LogP contribution >= 0.6 is 45.2 Å². The first-order valence-corrected chi connectivity index (χ1v) is 7.79. The third-order valence-electron chi connectivity index (χ3n) is 2.14. The Morgan fingerprint density at radius 1 is 0.938 bits per heavy atom. The van der Waals surface area contributed by atoms with Crippen molar-refractivity contribution in [3.8, 4) is 0 Å². The highest BCUT2D eigenvalue weighted by molar-refractivity contribution is 14.1. The molecule has 0 heterocycles. The maximum absolute atomic E-state index is 10.9. The Labute approximate surface area is 120 Å². The summed E-state index contributed by atoms with van der Waals surface area (Å²) in [5.41, 5.74) is 0. The molecule has 0 fully saturated rings. The topological polar surface area (TPSA) is 57.2 Å². The Hall–Kier alpha value is 0.0700. The molecular formula is C10H5I2O3S-. The molecule has 2 aromatic rings. The van der Waals surface area contributed by atoms with Crippen LogP contribution in [0, 0.1) is 7.14 Å². The van der Waals surface area contributed by atoms with Crippen LogP contribution in [0.2, 0.25) is 0 Å². The van der Waals surface area contributed by atoms with Crippen molar-refractivity contribution in [2.45, 2.75) is 4.90 Å². The number of fused-ring (bicyclic) bond motifs is 1. The first-order chi connectivity index (χ1) is 7.38. The maximum atomic E-state index is 10.9. The Kier molecular flexibility index (Phi) is 3.44. The molecule has 0 aliphatic rings. The molecule has 0 N–H and O–H groups in total. The van der Waals surface area contributed by atoms with E-state index in [4.69, 9.17) is 0 Å². The van der Waals surface area contributed by atoms with E-state index < -0.39 is 10.1 Å². The summed E-state index contributed by atoms with van der Waals surface area (Å²) in [7, 11) is -4.37. The Bertz CT molecular complexity index is 665. The normalized spacial score (nSPS) is 11.9. The summed E-state index contributed by atoms with van der Waals surface area (Å²) in [5, 5.41) is 1.69. The van der Waals surface area contributed by atoms with Crippen molar-refractivity contribution < 1.29 is 13.0 Å². The van der Waals surface area contributed by atoms with E-state index in [1.807, 2.05) is 12.1 Å². The van der Waals surface area contributed by atoms with E-state index >= 15 is 0 Å². The fourth-order valence-corrected chi connectivity index (χ4v) is 2.86. The number of hydrogen-bond donors (Lipinski definition) is 0. The van der Waals surface area contributed by atoms with Gasteiger partial charge in [-0.2, -0.15) is 0 Å². The first-order valence-electron chi connectivity index (χ1n) is 4.22. The average molecular weight is 459 g/mol. The van der Waals surface area contributed by atoms with Gasteiger partial charge in [-0.3, -0.25) is 0 Å². The molecule has 0 bridgehead atoms.